The summed E-state index contributed by atoms with van der Waals surface area (Å²) in [6, 6.07) is 0. The van der Waals surface area contributed by atoms with Gasteiger partial charge < -0.3 is 0 Å². The van der Waals surface area contributed by atoms with E-state index in [1.54, 1.807) is 0 Å². The van der Waals surface area contributed by atoms with Crippen LogP contribution in [0.5, 0.6) is 0 Å². The monoisotopic (exact) mass is 194 g/mol. The van der Waals surface area contributed by atoms with Crippen molar-refractivity contribution >= 4 is 9.24 Å². The Morgan fingerprint density at radius 1 is 1.54 bits per heavy atom. The van der Waals surface area contributed by atoms with Crippen molar-refractivity contribution < 1.29 is 0 Å². The van der Waals surface area contributed by atoms with Crippen molar-refractivity contribution in [2.45, 2.75) is 20.8 Å². The predicted molar refractivity (Wildman–Crippen MR) is 62.8 cm³/mol. The Kier molecular flexibility index (Phi) is 3.97. The van der Waals surface area contributed by atoms with Gasteiger partial charge in [-0.25, -0.2) is 0 Å². The second-order valence-corrected chi connectivity index (χ2v) is 4.55. The highest BCUT2D eigenvalue weighted by atomic mass is 31.0. The first-order valence-electron chi connectivity index (χ1n) is 4.97. The topological polar surface area (TPSA) is 0 Å². The molecule has 0 radical (unpaired) electrons. The van der Waals surface area contributed by atoms with Crippen LogP contribution >= 0.6 is 9.24 Å². The normalized spacial score (nSPS) is 27.6. The van der Waals surface area contributed by atoms with Crippen molar-refractivity contribution in [3.05, 3.63) is 29.5 Å². The van der Waals surface area contributed by atoms with Crippen LogP contribution < -0.4 is 0 Å². The van der Waals surface area contributed by atoms with Crippen molar-refractivity contribution in [3.8, 4) is 0 Å². The molecule has 3 unspecified atom stereocenters. The summed E-state index contributed by atoms with van der Waals surface area (Å²) in [6.07, 6.45) is 7.90. The van der Waals surface area contributed by atoms with Crippen LogP contribution in [0.15, 0.2) is 29.5 Å². The molecule has 0 N–H and O–H groups in total. The van der Waals surface area contributed by atoms with Crippen LogP contribution in [0.25, 0.3) is 0 Å². The summed E-state index contributed by atoms with van der Waals surface area (Å²) in [5.41, 5.74) is 4.58. The van der Waals surface area contributed by atoms with Crippen LogP contribution in [-0.4, -0.2) is 6.16 Å². The molecule has 0 fully saturated rings. The smallest absolute Gasteiger partial charge is 0.00680 e. The van der Waals surface area contributed by atoms with E-state index in [1.165, 1.54) is 5.57 Å². The minimum Gasteiger partial charge on any atom is -0.137 e. The highest BCUT2D eigenvalue weighted by molar-refractivity contribution is 7.16. The van der Waals surface area contributed by atoms with Crippen LogP contribution in [0.3, 0.4) is 0 Å². The zero-order valence-corrected chi connectivity index (χ0v) is 9.90. The summed E-state index contributed by atoms with van der Waals surface area (Å²) >= 11 is 0. The molecule has 0 saturated carbocycles. The molecule has 1 rings (SSSR count). The molecule has 0 saturated heterocycles. The molecular formula is C12H19P. The third-order valence-corrected chi connectivity index (χ3v) is 3.18. The van der Waals surface area contributed by atoms with Gasteiger partial charge in [-0.3, -0.25) is 0 Å². The first kappa shape index (κ1) is 10.8. The van der Waals surface area contributed by atoms with E-state index in [0.29, 0.717) is 17.8 Å². The Hall–Kier alpha value is -0.310. The minimum atomic E-state index is 0.645. The van der Waals surface area contributed by atoms with E-state index in [9.17, 15) is 0 Å². The van der Waals surface area contributed by atoms with Gasteiger partial charge in [0.05, 0.1) is 0 Å². The fourth-order valence-corrected chi connectivity index (χ4v) is 2.19. The van der Waals surface area contributed by atoms with Crippen molar-refractivity contribution in [2.75, 3.05) is 6.16 Å². The van der Waals surface area contributed by atoms with Crippen LogP contribution in [0.4, 0.5) is 0 Å². The Bertz CT molecular complexity index is 254. The maximum Gasteiger partial charge on any atom is -0.00680 e. The van der Waals surface area contributed by atoms with Crippen LogP contribution in [0.1, 0.15) is 20.8 Å². The Balaban J connectivity index is 2.91. The van der Waals surface area contributed by atoms with E-state index in [0.717, 1.165) is 6.16 Å². The summed E-state index contributed by atoms with van der Waals surface area (Å²) < 4.78 is 0. The molecule has 0 heterocycles. The summed E-state index contributed by atoms with van der Waals surface area (Å²) in [5, 5.41) is 0. The second kappa shape index (κ2) is 4.80. The van der Waals surface area contributed by atoms with Gasteiger partial charge in [0.2, 0.25) is 0 Å². The predicted octanol–water partition coefficient (Wildman–Crippen LogP) is 3.42. The summed E-state index contributed by atoms with van der Waals surface area (Å²) in [6.45, 7) is 6.67. The lowest BCUT2D eigenvalue weighted by atomic mass is 9.84. The van der Waals surface area contributed by atoms with E-state index in [2.05, 4.69) is 54.0 Å². The SMILES string of the molecule is CC1=C=CC(C(C)C)C(CP)C=C1. The molecular weight excluding hydrogens is 175 g/mol. The first-order chi connectivity index (χ1) is 6.15. The molecule has 72 valence electrons. The molecule has 13 heavy (non-hydrogen) atoms. The molecule has 3 atom stereocenters. The van der Waals surface area contributed by atoms with Crippen molar-refractivity contribution in [3.63, 3.8) is 0 Å². The van der Waals surface area contributed by atoms with E-state index >= 15 is 0 Å². The Morgan fingerprint density at radius 3 is 2.77 bits per heavy atom. The quantitative estimate of drug-likeness (QED) is 0.466. The summed E-state index contributed by atoms with van der Waals surface area (Å²) in [7, 11) is 2.84. The molecule has 0 spiro atoms. The third-order valence-electron chi connectivity index (χ3n) is 2.63. The van der Waals surface area contributed by atoms with Gasteiger partial charge in [-0.2, -0.15) is 0 Å². The van der Waals surface area contributed by atoms with E-state index in [4.69, 9.17) is 0 Å². The molecule has 0 aromatic heterocycles. The van der Waals surface area contributed by atoms with Gasteiger partial charge in [-0.05, 0) is 42.5 Å². The lowest BCUT2D eigenvalue weighted by Gasteiger charge is -2.22. The van der Waals surface area contributed by atoms with Crippen molar-refractivity contribution in [1.29, 1.82) is 0 Å². The Morgan fingerprint density at radius 2 is 2.23 bits per heavy atom. The number of rotatable bonds is 2. The molecule has 0 aromatic rings. The number of hydrogen-bond donors (Lipinski definition) is 0. The molecule has 0 bridgehead atoms. The van der Waals surface area contributed by atoms with Crippen molar-refractivity contribution in [2.24, 2.45) is 17.8 Å². The molecule has 1 aliphatic rings. The third kappa shape index (κ3) is 2.83. The van der Waals surface area contributed by atoms with E-state index in [1.807, 2.05) is 0 Å². The maximum absolute atomic E-state index is 3.34. The van der Waals surface area contributed by atoms with Gasteiger partial charge in [-0.15, -0.1) is 15.0 Å². The van der Waals surface area contributed by atoms with Gasteiger partial charge in [0.15, 0.2) is 0 Å². The average molecular weight is 194 g/mol. The van der Waals surface area contributed by atoms with Gasteiger partial charge in [0.1, 0.15) is 0 Å². The molecule has 1 heteroatoms. The summed E-state index contributed by atoms with van der Waals surface area (Å²) in [5.74, 6) is 2.01. The van der Waals surface area contributed by atoms with Crippen LogP contribution in [0.2, 0.25) is 0 Å². The molecule has 0 aliphatic heterocycles. The van der Waals surface area contributed by atoms with Crippen LogP contribution in [0, 0.1) is 17.8 Å². The fourth-order valence-electron chi connectivity index (χ4n) is 1.72. The average Bonchev–Trinajstić information content (AvgIpc) is 2.26. The first-order valence-corrected chi connectivity index (χ1v) is 5.78. The molecule has 1 aliphatic carbocycles. The van der Waals surface area contributed by atoms with Gasteiger partial charge in [0.25, 0.3) is 0 Å². The zero-order chi connectivity index (χ0) is 9.84. The largest absolute Gasteiger partial charge is 0.137 e. The highest BCUT2D eigenvalue weighted by Gasteiger charge is 2.19. The Labute approximate surface area is 84.0 Å². The van der Waals surface area contributed by atoms with Gasteiger partial charge in [-0.1, -0.05) is 26.0 Å². The van der Waals surface area contributed by atoms with Gasteiger partial charge in [0, 0.05) is 0 Å². The summed E-state index contributed by atoms with van der Waals surface area (Å²) in [4.78, 5) is 0. The molecule has 0 amide bonds. The highest BCUT2D eigenvalue weighted by Crippen LogP contribution is 2.27. The number of hydrogen-bond acceptors (Lipinski definition) is 0. The maximum atomic E-state index is 3.34. The lowest BCUT2D eigenvalue weighted by molar-refractivity contribution is 0.390. The van der Waals surface area contributed by atoms with Crippen molar-refractivity contribution in [1.82, 2.24) is 0 Å². The minimum absolute atomic E-state index is 0.645. The van der Waals surface area contributed by atoms with E-state index < -0.39 is 0 Å². The fraction of sp³-hybridized carbons (Fsp3) is 0.583. The molecule has 0 aromatic carbocycles. The van der Waals surface area contributed by atoms with Gasteiger partial charge >= 0.3 is 0 Å². The second-order valence-electron chi connectivity index (χ2n) is 4.07. The molecule has 0 nitrogen and oxygen atoms in total. The lowest BCUT2D eigenvalue weighted by Crippen LogP contribution is -2.17. The number of allylic oxidation sites excluding steroid dienone is 3. The zero-order valence-electron chi connectivity index (χ0n) is 8.75. The standard InChI is InChI=1S/C12H19P/c1-9(2)12-7-5-10(3)4-6-11(12)8-13/h4,6-7,9,11-12H,8,13H2,1-3H3. The van der Waals surface area contributed by atoms with Crippen LogP contribution in [-0.2, 0) is 0 Å². The van der Waals surface area contributed by atoms with E-state index in [-0.39, 0.29) is 0 Å².